The van der Waals surface area contributed by atoms with E-state index in [1.807, 2.05) is 30.3 Å². The third-order valence-electron chi connectivity index (χ3n) is 5.44. The molecule has 0 spiro atoms. The van der Waals surface area contributed by atoms with E-state index in [2.05, 4.69) is 10.6 Å². The Labute approximate surface area is 199 Å². The zero-order valence-corrected chi connectivity index (χ0v) is 19.7. The van der Waals surface area contributed by atoms with Gasteiger partial charge in [-0.2, -0.15) is 0 Å². The molecule has 0 fully saturated rings. The Morgan fingerprint density at radius 1 is 1.09 bits per heavy atom. The number of carbonyl (C=O) groups is 3. The largest absolute Gasteiger partial charge is 0.508 e. The number of phenols is 1. The summed E-state index contributed by atoms with van der Waals surface area (Å²) in [5, 5.41) is 25.0. The van der Waals surface area contributed by atoms with E-state index in [1.165, 1.54) is 20.3 Å². The molecule has 2 atom stereocenters. The Morgan fingerprint density at radius 2 is 1.79 bits per heavy atom. The van der Waals surface area contributed by atoms with Gasteiger partial charge in [-0.25, -0.2) is 4.79 Å². The van der Waals surface area contributed by atoms with E-state index in [1.54, 1.807) is 19.1 Å². The maximum Gasteiger partial charge on any atom is 0.331 e. The molecule has 1 amide bonds. The van der Waals surface area contributed by atoms with Crippen LogP contribution in [-0.4, -0.2) is 60.4 Å². The number of carbonyl (C=O) groups excluding carboxylic acids is 2. The Kier molecular flexibility index (Phi) is 9.88. The Bertz CT molecular complexity index is 980. The summed E-state index contributed by atoms with van der Waals surface area (Å²) in [6.45, 7) is 1.87. The number of benzene rings is 2. The van der Waals surface area contributed by atoms with Gasteiger partial charge < -0.3 is 30.3 Å². The monoisotopic (exact) mass is 472 g/mol. The van der Waals surface area contributed by atoms with Crippen molar-refractivity contribution in [2.75, 3.05) is 20.8 Å². The van der Waals surface area contributed by atoms with Crippen molar-refractivity contribution >= 4 is 17.8 Å². The number of aromatic hydroxyl groups is 1. The minimum absolute atomic E-state index is 0.105. The maximum absolute atomic E-state index is 13.0. The van der Waals surface area contributed by atoms with Crippen LogP contribution in [0, 0.1) is 0 Å². The highest BCUT2D eigenvalue weighted by Gasteiger charge is 2.38. The molecule has 9 heteroatoms. The second kappa shape index (κ2) is 12.6. The average molecular weight is 473 g/mol. The van der Waals surface area contributed by atoms with Gasteiger partial charge in [-0.05, 0) is 43.5 Å². The van der Waals surface area contributed by atoms with Crippen LogP contribution in [0.2, 0.25) is 0 Å². The number of carboxylic acids is 1. The highest BCUT2D eigenvalue weighted by Crippen LogP contribution is 2.24. The number of hydrogen-bond donors (Lipinski definition) is 4. The van der Waals surface area contributed by atoms with Crippen LogP contribution in [0.3, 0.4) is 0 Å². The van der Waals surface area contributed by atoms with Gasteiger partial charge in [-0.1, -0.05) is 36.4 Å². The molecule has 0 aliphatic carbocycles. The van der Waals surface area contributed by atoms with Crippen LogP contribution in [0.4, 0.5) is 0 Å². The lowest BCUT2D eigenvalue weighted by Crippen LogP contribution is -2.59. The van der Waals surface area contributed by atoms with Gasteiger partial charge in [0.15, 0.2) is 0 Å². The van der Waals surface area contributed by atoms with Crippen LogP contribution < -0.4 is 15.4 Å². The number of methoxy groups -OCH3 is 2. The highest BCUT2D eigenvalue weighted by molar-refractivity contribution is 5.92. The third-order valence-corrected chi connectivity index (χ3v) is 5.44. The van der Waals surface area contributed by atoms with Crippen molar-refractivity contribution in [3.63, 3.8) is 0 Å². The number of amides is 1. The number of esters is 1. The van der Waals surface area contributed by atoms with Crippen molar-refractivity contribution in [2.24, 2.45) is 0 Å². The Hall–Kier alpha value is -3.59. The van der Waals surface area contributed by atoms with E-state index in [9.17, 15) is 24.6 Å². The summed E-state index contributed by atoms with van der Waals surface area (Å²) >= 11 is 0. The molecule has 0 aromatic heterocycles. The fraction of sp³-hybridized carbons (Fsp3) is 0.400. The van der Waals surface area contributed by atoms with Gasteiger partial charge in [0, 0.05) is 12.5 Å². The van der Waals surface area contributed by atoms with E-state index < -0.39 is 35.8 Å². The number of hydrogen-bond acceptors (Lipinski definition) is 7. The topological polar surface area (TPSA) is 134 Å². The first kappa shape index (κ1) is 26.7. The number of rotatable bonds is 13. The normalized spacial score (nSPS) is 13.4. The SMILES string of the molecule is COC(=O)[C@](C)(Cc1ccccc1)NC(=O)[C@H](CC(=O)O)NCCCc1ccc(OC)cc1O. The van der Waals surface area contributed by atoms with E-state index in [0.29, 0.717) is 30.7 Å². The van der Waals surface area contributed by atoms with Crippen molar-refractivity contribution in [3.05, 3.63) is 59.7 Å². The van der Waals surface area contributed by atoms with E-state index in [4.69, 9.17) is 9.47 Å². The Morgan fingerprint density at radius 3 is 2.38 bits per heavy atom. The standard InChI is InChI=1S/C25H32N2O7/c1-25(24(32)34-3,16-17-8-5-4-6-9-17)27-23(31)20(15-22(29)30)26-13-7-10-18-11-12-19(33-2)14-21(18)28/h4-6,8-9,11-12,14,20,26,28H,7,10,13,15-16H2,1-3H3,(H,27,31)(H,29,30)/t20-,25-/m0/s1. The molecule has 0 saturated carbocycles. The van der Waals surface area contributed by atoms with Gasteiger partial charge in [0.1, 0.15) is 17.0 Å². The predicted octanol–water partition coefficient (Wildman–Crippen LogP) is 2.06. The van der Waals surface area contributed by atoms with Gasteiger partial charge >= 0.3 is 11.9 Å². The summed E-state index contributed by atoms with van der Waals surface area (Å²) < 4.78 is 9.97. The number of carboxylic acid groups (broad SMARTS) is 1. The van der Waals surface area contributed by atoms with Crippen molar-refractivity contribution in [1.29, 1.82) is 0 Å². The van der Waals surface area contributed by atoms with Crippen LogP contribution >= 0.6 is 0 Å². The number of phenolic OH excluding ortho intramolecular Hbond substituents is 1. The molecule has 0 aliphatic heterocycles. The molecule has 0 aliphatic rings. The van der Waals surface area contributed by atoms with E-state index >= 15 is 0 Å². The fourth-order valence-corrected chi connectivity index (χ4v) is 3.63. The van der Waals surface area contributed by atoms with Crippen molar-refractivity contribution < 1.29 is 34.1 Å². The molecular weight excluding hydrogens is 440 g/mol. The number of aryl methyl sites for hydroxylation is 1. The van der Waals surface area contributed by atoms with Crippen LogP contribution in [0.25, 0.3) is 0 Å². The molecule has 2 rings (SSSR count). The summed E-state index contributed by atoms with van der Waals surface area (Å²) in [4.78, 5) is 36.9. The van der Waals surface area contributed by atoms with Crippen LogP contribution in [0.5, 0.6) is 11.5 Å². The molecule has 0 radical (unpaired) electrons. The molecule has 2 aromatic rings. The van der Waals surface area contributed by atoms with Gasteiger partial charge in [-0.3, -0.25) is 9.59 Å². The van der Waals surface area contributed by atoms with Gasteiger partial charge in [0.25, 0.3) is 0 Å². The molecule has 4 N–H and O–H groups in total. The summed E-state index contributed by atoms with van der Waals surface area (Å²) in [6.07, 6.45) is 0.782. The lowest BCUT2D eigenvalue weighted by Gasteiger charge is -2.30. The van der Waals surface area contributed by atoms with Crippen molar-refractivity contribution in [2.45, 2.75) is 44.2 Å². The molecule has 34 heavy (non-hydrogen) atoms. The molecule has 184 valence electrons. The Balaban J connectivity index is 2.03. The quantitative estimate of drug-likeness (QED) is 0.257. The number of nitrogens with one attached hydrogen (secondary N) is 2. The molecule has 0 bridgehead atoms. The zero-order valence-electron chi connectivity index (χ0n) is 19.7. The van der Waals surface area contributed by atoms with Gasteiger partial charge in [0.05, 0.1) is 26.7 Å². The van der Waals surface area contributed by atoms with Gasteiger partial charge in [0.2, 0.25) is 5.91 Å². The number of ether oxygens (including phenoxy) is 2. The fourth-order valence-electron chi connectivity index (χ4n) is 3.63. The van der Waals surface area contributed by atoms with Crippen LogP contribution in [0.1, 0.15) is 30.9 Å². The molecule has 2 aromatic carbocycles. The lowest BCUT2D eigenvalue weighted by atomic mass is 9.92. The average Bonchev–Trinajstić information content (AvgIpc) is 2.81. The molecule has 0 heterocycles. The maximum atomic E-state index is 13.0. The number of aliphatic carboxylic acids is 1. The summed E-state index contributed by atoms with van der Waals surface area (Å²) in [5.74, 6) is -1.74. The predicted molar refractivity (Wildman–Crippen MR) is 126 cm³/mol. The summed E-state index contributed by atoms with van der Waals surface area (Å²) in [5.41, 5.74) is 0.154. The van der Waals surface area contributed by atoms with E-state index in [0.717, 1.165) is 5.56 Å². The first-order valence-electron chi connectivity index (χ1n) is 10.9. The smallest absolute Gasteiger partial charge is 0.331 e. The summed E-state index contributed by atoms with van der Waals surface area (Å²) in [6, 6.07) is 13.1. The minimum Gasteiger partial charge on any atom is -0.508 e. The highest BCUT2D eigenvalue weighted by atomic mass is 16.5. The second-order valence-electron chi connectivity index (χ2n) is 8.18. The van der Waals surface area contributed by atoms with Gasteiger partial charge in [-0.15, -0.1) is 0 Å². The summed E-state index contributed by atoms with van der Waals surface area (Å²) in [7, 11) is 2.75. The third kappa shape index (κ3) is 7.77. The molecule has 0 saturated heterocycles. The zero-order chi connectivity index (χ0) is 25.1. The second-order valence-corrected chi connectivity index (χ2v) is 8.18. The molecule has 0 unspecified atom stereocenters. The van der Waals surface area contributed by atoms with Crippen LogP contribution in [-0.2, 0) is 32.0 Å². The first-order chi connectivity index (χ1) is 16.2. The van der Waals surface area contributed by atoms with E-state index in [-0.39, 0.29) is 12.2 Å². The molecule has 9 nitrogen and oxygen atoms in total. The minimum atomic E-state index is -1.37. The van der Waals surface area contributed by atoms with Crippen molar-refractivity contribution in [3.8, 4) is 11.5 Å². The molecular formula is C25H32N2O7. The lowest BCUT2D eigenvalue weighted by molar-refractivity contribution is -0.150. The first-order valence-corrected chi connectivity index (χ1v) is 10.9. The van der Waals surface area contributed by atoms with Crippen molar-refractivity contribution in [1.82, 2.24) is 10.6 Å². The van der Waals surface area contributed by atoms with Crippen LogP contribution in [0.15, 0.2) is 48.5 Å².